The van der Waals surface area contributed by atoms with Crippen LogP contribution in [0.4, 0.5) is 0 Å². The molecule has 0 radical (unpaired) electrons. The van der Waals surface area contributed by atoms with Crippen molar-refractivity contribution in [3.8, 4) is 11.8 Å². The third-order valence-corrected chi connectivity index (χ3v) is 2.80. The summed E-state index contributed by atoms with van der Waals surface area (Å²) in [6.07, 6.45) is 2.28. The zero-order valence-corrected chi connectivity index (χ0v) is 13.1. The lowest BCUT2D eigenvalue weighted by molar-refractivity contribution is -0.117. The van der Waals surface area contributed by atoms with Crippen molar-refractivity contribution in [1.29, 1.82) is 5.26 Å². The van der Waals surface area contributed by atoms with E-state index in [2.05, 4.69) is 5.32 Å². The molecular weight excluding hydrogens is 280 g/mol. The summed E-state index contributed by atoms with van der Waals surface area (Å²) in [5.41, 5.74) is 0.831. The highest BCUT2D eigenvalue weighted by molar-refractivity contribution is 6.01. The molecule has 0 aromatic heterocycles. The van der Waals surface area contributed by atoms with Gasteiger partial charge in [0, 0.05) is 19.8 Å². The van der Waals surface area contributed by atoms with Crippen molar-refractivity contribution in [3.05, 3.63) is 35.4 Å². The van der Waals surface area contributed by atoms with Gasteiger partial charge >= 0.3 is 0 Å². The van der Waals surface area contributed by atoms with Crippen LogP contribution in [-0.2, 0) is 9.53 Å². The monoisotopic (exact) mass is 302 g/mol. The smallest absolute Gasteiger partial charge is 0.261 e. The van der Waals surface area contributed by atoms with Gasteiger partial charge in [-0.3, -0.25) is 4.79 Å². The number of nitrogens with zero attached hydrogens (tertiary/aromatic N) is 1. The summed E-state index contributed by atoms with van der Waals surface area (Å²) in [5, 5.41) is 11.8. The molecule has 1 rings (SSSR count). The highest BCUT2D eigenvalue weighted by Crippen LogP contribution is 2.15. The topological polar surface area (TPSA) is 71.3 Å². The van der Waals surface area contributed by atoms with Gasteiger partial charge in [0.15, 0.2) is 0 Å². The average Bonchev–Trinajstić information content (AvgIpc) is 2.53. The number of hydrogen-bond acceptors (Lipinski definition) is 4. The molecule has 0 bridgehead atoms. The lowest BCUT2D eigenvalue weighted by atomic mass is 10.1. The molecule has 5 heteroatoms. The van der Waals surface area contributed by atoms with Gasteiger partial charge in [0.25, 0.3) is 5.91 Å². The van der Waals surface area contributed by atoms with E-state index in [-0.39, 0.29) is 11.5 Å². The highest BCUT2D eigenvalue weighted by atomic mass is 16.5. The number of ether oxygens (including phenoxy) is 2. The van der Waals surface area contributed by atoms with E-state index < -0.39 is 0 Å². The maximum atomic E-state index is 11.9. The molecule has 1 aromatic rings. The highest BCUT2D eigenvalue weighted by Gasteiger charge is 2.08. The molecule has 0 aliphatic carbocycles. The van der Waals surface area contributed by atoms with Crippen molar-refractivity contribution < 1.29 is 14.3 Å². The van der Waals surface area contributed by atoms with Gasteiger partial charge in [-0.2, -0.15) is 5.26 Å². The van der Waals surface area contributed by atoms with Gasteiger partial charge in [0.05, 0.1) is 6.61 Å². The zero-order chi connectivity index (χ0) is 16.2. The first-order chi connectivity index (χ1) is 10.7. The molecule has 1 amide bonds. The maximum Gasteiger partial charge on any atom is 0.261 e. The van der Waals surface area contributed by atoms with E-state index in [9.17, 15) is 4.79 Å². The molecule has 0 spiro atoms. The Kier molecular flexibility index (Phi) is 8.39. The normalized spacial score (nSPS) is 10.9. The molecule has 1 N–H and O–H groups in total. The van der Waals surface area contributed by atoms with Crippen molar-refractivity contribution >= 4 is 12.0 Å². The Hall–Kier alpha value is -2.32. The van der Waals surface area contributed by atoms with Crippen LogP contribution in [0.3, 0.4) is 0 Å². The van der Waals surface area contributed by atoms with Crippen LogP contribution in [0.1, 0.15) is 25.8 Å². The fourth-order valence-corrected chi connectivity index (χ4v) is 1.79. The minimum atomic E-state index is -0.374. The van der Waals surface area contributed by atoms with E-state index in [1.807, 2.05) is 38.1 Å². The molecule has 0 saturated heterocycles. The Morgan fingerprint density at radius 1 is 1.36 bits per heavy atom. The Balaban J connectivity index is 2.64. The molecule has 5 nitrogen and oxygen atoms in total. The summed E-state index contributed by atoms with van der Waals surface area (Å²) in [7, 11) is 0. The molecule has 1 aromatic carbocycles. The summed E-state index contributed by atoms with van der Waals surface area (Å²) in [5.74, 6) is 0.339. The molecule has 0 heterocycles. The fourth-order valence-electron chi connectivity index (χ4n) is 1.79. The number of hydrogen-bond donors (Lipinski definition) is 1. The van der Waals surface area contributed by atoms with Gasteiger partial charge in [-0.15, -0.1) is 0 Å². The summed E-state index contributed by atoms with van der Waals surface area (Å²) >= 11 is 0. The third-order valence-electron chi connectivity index (χ3n) is 2.80. The van der Waals surface area contributed by atoms with Gasteiger partial charge < -0.3 is 14.8 Å². The minimum absolute atomic E-state index is 0.0741. The number of nitrogens with one attached hydrogen (secondary N) is 1. The summed E-state index contributed by atoms with van der Waals surface area (Å²) in [6, 6.07) is 9.21. The first-order valence-corrected chi connectivity index (χ1v) is 7.41. The number of amides is 1. The standard InChI is InChI=1S/C17H22N2O3/c1-3-21-10-6-9-19-17(20)15(13-18)11-14-7-5-8-16(12-14)22-4-2/h5,7-8,11-12H,3-4,6,9-10H2,1-2H3,(H,19,20)/b15-11+. The fraction of sp³-hybridized carbons (Fsp3) is 0.412. The lowest BCUT2D eigenvalue weighted by Crippen LogP contribution is -2.26. The molecule has 0 unspecified atom stereocenters. The third kappa shape index (κ3) is 6.42. The van der Waals surface area contributed by atoms with Gasteiger partial charge in [-0.25, -0.2) is 0 Å². The van der Waals surface area contributed by atoms with Crippen LogP contribution in [0, 0.1) is 11.3 Å². The van der Waals surface area contributed by atoms with Gasteiger partial charge in [-0.1, -0.05) is 12.1 Å². The zero-order valence-electron chi connectivity index (χ0n) is 13.1. The molecule has 0 fully saturated rings. The molecule has 0 atom stereocenters. The number of carbonyl (C=O) groups is 1. The van der Waals surface area contributed by atoms with E-state index in [4.69, 9.17) is 14.7 Å². The Bertz CT molecular complexity index is 547. The van der Waals surface area contributed by atoms with Crippen LogP contribution in [0.15, 0.2) is 29.8 Å². The maximum absolute atomic E-state index is 11.9. The van der Waals surface area contributed by atoms with E-state index >= 15 is 0 Å². The van der Waals surface area contributed by atoms with Crippen LogP contribution >= 0.6 is 0 Å². The number of benzene rings is 1. The van der Waals surface area contributed by atoms with Crippen molar-refractivity contribution in [1.82, 2.24) is 5.32 Å². The predicted octanol–water partition coefficient (Wildman–Crippen LogP) is 2.54. The second-order valence-electron chi connectivity index (χ2n) is 4.48. The van der Waals surface area contributed by atoms with Gasteiger partial charge in [0.1, 0.15) is 17.4 Å². The van der Waals surface area contributed by atoms with Crippen LogP contribution in [0.2, 0.25) is 0 Å². The molecule has 22 heavy (non-hydrogen) atoms. The van der Waals surface area contributed by atoms with Crippen LogP contribution in [0.5, 0.6) is 5.75 Å². The van der Waals surface area contributed by atoms with Crippen molar-refractivity contribution in [2.24, 2.45) is 0 Å². The quantitative estimate of drug-likeness (QED) is 0.432. The van der Waals surface area contributed by atoms with Gasteiger partial charge in [-0.05, 0) is 44.0 Å². The van der Waals surface area contributed by atoms with Crippen molar-refractivity contribution in [2.75, 3.05) is 26.4 Å². The van der Waals surface area contributed by atoms with Gasteiger partial charge in [0.2, 0.25) is 0 Å². The van der Waals surface area contributed by atoms with Crippen molar-refractivity contribution in [2.45, 2.75) is 20.3 Å². The van der Waals surface area contributed by atoms with Crippen LogP contribution in [-0.4, -0.2) is 32.3 Å². The van der Waals surface area contributed by atoms with Crippen molar-refractivity contribution in [3.63, 3.8) is 0 Å². The Morgan fingerprint density at radius 2 is 2.18 bits per heavy atom. The second-order valence-corrected chi connectivity index (χ2v) is 4.48. The van der Waals surface area contributed by atoms with Crippen LogP contribution in [0.25, 0.3) is 6.08 Å². The SMILES string of the molecule is CCOCCCNC(=O)/C(C#N)=C/c1cccc(OCC)c1. The minimum Gasteiger partial charge on any atom is -0.494 e. The largest absolute Gasteiger partial charge is 0.494 e. The first-order valence-electron chi connectivity index (χ1n) is 7.41. The Morgan fingerprint density at radius 3 is 2.86 bits per heavy atom. The molecule has 118 valence electrons. The summed E-state index contributed by atoms with van der Waals surface area (Å²) < 4.78 is 10.6. The average molecular weight is 302 g/mol. The van der Waals surface area contributed by atoms with E-state index in [1.54, 1.807) is 12.1 Å². The van der Waals surface area contributed by atoms with E-state index in [1.165, 1.54) is 0 Å². The Labute approximate surface area is 131 Å². The summed E-state index contributed by atoms with van der Waals surface area (Å²) in [4.78, 5) is 11.9. The van der Waals surface area contributed by atoms with E-state index in [0.717, 1.165) is 12.0 Å². The number of nitriles is 1. The number of rotatable bonds is 9. The number of carbonyl (C=O) groups excluding carboxylic acids is 1. The molecule has 0 saturated carbocycles. The first kappa shape index (κ1) is 17.7. The molecular formula is C17H22N2O3. The molecule has 0 aliphatic rings. The van der Waals surface area contributed by atoms with Crippen LogP contribution < -0.4 is 10.1 Å². The van der Waals surface area contributed by atoms with E-state index in [0.29, 0.717) is 32.1 Å². The predicted molar refractivity (Wildman–Crippen MR) is 85.3 cm³/mol. The lowest BCUT2D eigenvalue weighted by Gasteiger charge is -2.05. The summed E-state index contributed by atoms with van der Waals surface area (Å²) in [6.45, 7) is 6.13. The molecule has 0 aliphatic heterocycles. The second kappa shape index (κ2) is 10.4.